The lowest BCUT2D eigenvalue weighted by atomic mass is 10.2. The molecule has 0 fully saturated rings. The molecule has 0 spiro atoms. The zero-order valence-corrected chi connectivity index (χ0v) is 13.4. The third kappa shape index (κ3) is 3.26. The molecule has 3 nitrogen and oxygen atoms in total. The molecule has 0 bridgehead atoms. The van der Waals surface area contributed by atoms with Crippen molar-refractivity contribution in [1.82, 2.24) is 4.90 Å². The number of amides is 1. The van der Waals surface area contributed by atoms with E-state index in [-0.39, 0.29) is 5.91 Å². The van der Waals surface area contributed by atoms with Gasteiger partial charge in [0.15, 0.2) is 0 Å². The largest absolute Gasteiger partial charge is 0.398 e. The van der Waals surface area contributed by atoms with Crippen molar-refractivity contribution in [3.8, 4) is 0 Å². The van der Waals surface area contributed by atoms with E-state index in [1.54, 1.807) is 30.1 Å². The standard InChI is InChI=1S/C14H14Cl2N2OS/c1-8-12(17)6-13(20-8)14(19)18(2)7-9-3-4-10(15)11(16)5-9/h3-6H,7,17H2,1-2H3. The predicted molar refractivity (Wildman–Crippen MR) is 85.7 cm³/mol. The van der Waals surface area contributed by atoms with Crippen LogP contribution in [0.25, 0.3) is 0 Å². The number of rotatable bonds is 3. The number of carbonyl (C=O) groups is 1. The van der Waals surface area contributed by atoms with Gasteiger partial charge in [0.25, 0.3) is 5.91 Å². The van der Waals surface area contributed by atoms with Gasteiger partial charge in [0.2, 0.25) is 0 Å². The van der Waals surface area contributed by atoms with Gasteiger partial charge in [0, 0.05) is 24.2 Å². The minimum atomic E-state index is -0.0547. The van der Waals surface area contributed by atoms with E-state index in [0.29, 0.717) is 27.2 Å². The number of hydrogen-bond donors (Lipinski definition) is 1. The van der Waals surface area contributed by atoms with Crippen LogP contribution in [0.4, 0.5) is 5.69 Å². The van der Waals surface area contributed by atoms with Gasteiger partial charge in [-0.3, -0.25) is 4.79 Å². The fourth-order valence-electron chi connectivity index (χ4n) is 1.77. The summed E-state index contributed by atoms with van der Waals surface area (Å²) < 4.78 is 0. The summed E-state index contributed by atoms with van der Waals surface area (Å²) in [5, 5.41) is 0.993. The van der Waals surface area contributed by atoms with Crippen LogP contribution in [0.1, 0.15) is 20.1 Å². The van der Waals surface area contributed by atoms with Gasteiger partial charge in [0.05, 0.1) is 14.9 Å². The van der Waals surface area contributed by atoms with Gasteiger partial charge in [-0.1, -0.05) is 29.3 Å². The highest BCUT2D eigenvalue weighted by Gasteiger charge is 2.16. The van der Waals surface area contributed by atoms with Crippen LogP contribution in [0.15, 0.2) is 24.3 Å². The van der Waals surface area contributed by atoms with Crippen LogP contribution in [-0.2, 0) is 6.54 Å². The second-order valence-corrected chi connectivity index (χ2v) is 6.60. The number of benzene rings is 1. The number of carbonyl (C=O) groups excluding carboxylic acids is 1. The number of thiophene rings is 1. The summed E-state index contributed by atoms with van der Waals surface area (Å²) in [6.45, 7) is 2.36. The summed E-state index contributed by atoms with van der Waals surface area (Å²) in [4.78, 5) is 15.5. The van der Waals surface area contributed by atoms with E-state index in [1.165, 1.54) is 11.3 Å². The number of nitrogens with two attached hydrogens (primary N) is 1. The van der Waals surface area contributed by atoms with Crippen molar-refractivity contribution in [1.29, 1.82) is 0 Å². The highest BCUT2D eigenvalue weighted by atomic mass is 35.5. The second kappa shape index (κ2) is 6.04. The summed E-state index contributed by atoms with van der Waals surface area (Å²) in [5.74, 6) is -0.0547. The van der Waals surface area contributed by atoms with Gasteiger partial charge in [-0.15, -0.1) is 11.3 Å². The first-order chi connectivity index (χ1) is 9.38. The van der Waals surface area contributed by atoms with Crippen molar-refractivity contribution in [3.63, 3.8) is 0 Å². The summed E-state index contributed by atoms with van der Waals surface area (Å²) >= 11 is 13.2. The fourth-order valence-corrected chi connectivity index (χ4v) is 3.03. The van der Waals surface area contributed by atoms with Crippen LogP contribution < -0.4 is 5.73 Å². The average Bonchev–Trinajstić information content (AvgIpc) is 2.73. The number of aryl methyl sites for hydroxylation is 1. The number of nitrogen functional groups attached to an aromatic ring is 1. The highest BCUT2D eigenvalue weighted by molar-refractivity contribution is 7.14. The van der Waals surface area contributed by atoms with Gasteiger partial charge >= 0.3 is 0 Å². The number of anilines is 1. The minimum absolute atomic E-state index is 0.0547. The lowest BCUT2D eigenvalue weighted by molar-refractivity contribution is 0.0790. The van der Waals surface area contributed by atoms with E-state index in [4.69, 9.17) is 28.9 Å². The van der Waals surface area contributed by atoms with Gasteiger partial charge in [-0.2, -0.15) is 0 Å². The average molecular weight is 329 g/mol. The van der Waals surface area contributed by atoms with Crippen LogP contribution in [0.3, 0.4) is 0 Å². The monoisotopic (exact) mass is 328 g/mol. The first-order valence-electron chi connectivity index (χ1n) is 5.93. The molecular formula is C14H14Cl2N2OS. The molecule has 6 heteroatoms. The Morgan fingerprint density at radius 2 is 2.00 bits per heavy atom. The maximum atomic E-state index is 12.3. The number of nitrogens with zero attached hydrogens (tertiary/aromatic N) is 1. The van der Waals surface area contributed by atoms with E-state index in [0.717, 1.165) is 10.4 Å². The Balaban J connectivity index is 2.13. The van der Waals surface area contributed by atoms with Gasteiger partial charge in [0.1, 0.15) is 0 Å². The molecule has 0 aliphatic carbocycles. The molecule has 2 N–H and O–H groups in total. The predicted octanol–water partition coefficient (Wildman–Crippen LogP) is 4.22. The summed E-state index contributed by atoms with van der Waals surface area (Å²) in [5.41, 5.74) is 7.36. The Hall–Kier alpha value is -1.23. The molecule has 1 heterocycles. The van der Waals surface area contributed by atoms with Crippen LogP contribution >= 0.6 is 34.5 Å². The Labute approximate surface area is 131 Å². The van der Waals surface area contributed by atoms with Crippen molar-refractivity contribution in [3.05, 3.63) is 49.6 Å². The molecule has 0 atom stereocenters. The molecule has 0 saturated carbocycles. The Morgan fingerprint density at radius 3 is 2.55 bits per heavy atom. The van der Waals surface area contributed by atoms with Crippen LogP contribution in [-0.4, -0.2) is 17.9 Å². The third-order valence-corrected chi connectivity index (χ3v) is 4.71. The van der Waals surface area contributed by atoms with E-state index in [2.05, 4.69) is 0 Å². The van der Waals surface area contributed by atoms with E-state index < -0.39 is 0 Å². The first kappa shape index (κ1) is 15.2. The van der Waals surface area contributed by atoms with Crippen LogP contribution in [0.2, 0.25) is 10.0 Å². The first-order valence-corrected chi connectivity index (χ1v) is 7.51. The molecule has 1 amide bonds. The smallest absolute Gasteiger partial charge is 0.264 e. The molecule has 2 rings (SSSR count). The summed E-state index contributed by atoms with van der Waals surface area (Å²) in [6.07, 6.45) is 0. The molecule has 0 radical (unpaired) electrons. The molecule has 2 aromatic rings. The van der Waals surface area contributed by atoms with Gasteiger partial charge < -0.3 is 10.6 Å². The van der Waals surface area contributed by atoms with Crippen molar-refractivity contribution in [2.75, 3.05) is 12.8 Å². The van der Waals surface area contributed by atoms with Crippen LogP contribution in [0, 0.1) is 6.92 Å². The SMILES string of the molecule is Cc1sc(C(=O)N(C)Cc2ccc(Cl)c(Cl)c2)cc1N. The lowest BCUT2D eigenvalue weighted by Gasteiger charge is -2.16. The number of halogens is 2. The summed E-state index contributed by atoms with van der Waals surface area (Å²) in [7, 11) is 1.75. The minimum Gasteiger partial charge on any atom is -0.398 e. The summed E-state index contributed by atoms with van der Waals surface area (Å²) in [6, 6.07) is 7.06. The third-order valence-electron chi connectivity index (χ3n) is 2.92. The molecule has 0 aliphatic rings. The quantitative estimate of drug-likeness (QED) is 0.916. The topological polar surface area (TPSA) is 46.3 Å². The maximum absolute atomic E-state index is 12.3. The van der Waals surface area contributed by atoms with Crippen molar-refractivity contribution in [2.45, 2.75) is 13.5 Å². The zero-order valence-electron chi connectivity index (χ0n) is 11.1. The van der Waals surface area contributed by atoms with Crippen molar-refractivity contribution < 1.29 is 4.79 Å². The molecule has 0 unspecified atom stereocenters. The number of hydrogen-bond acceptors (Lipinski definition) is 3. The molecule has 20 heavy (non-hydrogen) atoms. The molecule has 0 saturated heterocycles. The van der Waals surface area contributed by atoms with Gasteiger partial charge in [-0.05, 0) is 30.7 Å². The molecule has 106 valence electrons. The van der Waals surface area contributed by atoms with E-state index >= 15 is 0 Å². The Kier molecular flexibility index (Phi) is 4.58. The van der Waals surface area contributed by atoms with Crippen LogP contribution in [0.5, 0.6) is 0 Å². The maximum Gasteiger partial charge on any atom is 0.264 e. The van der Waals surface area contributed by atoms with Crippen molar-refractivity contribution in [2.24, 2.45) is 0 Å². The molecule has 0 aliphatic heterocycles. The molecular weight excluding hydrogens is 315 g/mol. The van der Waals surface area contributed by atoms with Crippen molar-refractivity contribution >= 4 is 46.1 Å². The molecule has 1 aromatic heterocycles. The molecule has 1 aromatic carbocycles. The second-order valence-electron chi connectivity index (χ2n) is 4.53. The van der Waals surface area contributed by atoms with E-state index in [9.17, 15) is 4.79 Å². The zero-order chi connectivity index (χ0) is 14.9. The normalized spacial score (nSPS) is 10.6. The fraction of sp³-hybridized carbons (Fsp3) is 0.214. The van der Waals surface area contributed by atoms with E-state index in [1.807, 2.05) is 13.0 Å². The highest BCUT2D eigenvalue weighted by Crippen LogP contribution is 2.26. The Morgan fingerprint density at radius 1 is 1.30 bits per heavy atom. The van der Waals surface area contributed by atoms with Gasteiger partial charge in [-0.25, -0.2) is 0 Å². The lowest BCUT2D eigenvalue weighted by Crippen LogP contribution is -2.25. The Bertz CT molecular complexity index is 635.